The van der Waals surface area contributed by atoms with E-state index in [0.717, 1.165) is 5.56 Å². The van der Waals surface area contributed by atoms with Crippen LogP contribution < -0.4 is 20.6 Å². The first-order chi connectivity index (χ1) is 8.08. The van der Waals surface area contributed by atoms with Crippen molar-refractivity contribution in [3.8, 4) is 11.5 Å². The molecule has 0 radical (unpaired) electrons. The Kier molecular flexibility index (Phi) is 5.17. The maximum Gasteiger partial charge on any atom is 0.223 e. The van der Waals surface area contributed by atoms with E-state index in [0.29, 0.717) is 15.3 Å². The Bertz CT molecular complexity index is 451. The summed E-state index contributed by atoms with van der Waals surface area (Å²) < 4.78 is 5.59. The van der Waals surface area contributed by atoms with Gasteiger partial charge in [0.25, 0.3) is 0 Å². The molecule has 0 heterocycles. The highest BCUT2D eigenvalue weighted by Crippen LogP contribution is 2.34. The van der Waals surface area contributed by atoms with Crippen LogP contribution in [0, 0.1) is 0 Å². The first kappa shape index (κ1) is 13.7. The van der Waals surface area contributed by atoms with Crippen molar-refractivity contribution in [3.63, 3.8) is 0 Å². The fraction of sp³-hybridized carbons (Fsp3) is 0.200. The van der Waals surface area contributed by atoms with E-state index in [-0.39, 0.29) is 5.75 Å². The molecule has 0 unspecified atom stereocenters. The molecule has 0 aromatic heterocycles. The standard InChI is InChI=1S/C10H12BrN3O2S/c1-12-10(17)14-13-5-6-3-7(11)9(15)8(4-6)16-2/h3-5,15H,1-2H3,(H2,12,14,17)/p+1/b13-5+. The molecule has 1 aromatic carbocycles. The van der Waals surface area contributed by atoms with Gasteiger partial charge in [-0.3, -0.25) is 0 Å². The highest BCUT2D eigenvalue weighted by Gasteiger charge is 2.08. The molecular weight excluding hydrogens is 306 g/mol. The lowest BCUT2D eigenvalue weighted by atomic mass is 10.2. The third-order valence-corrected chi connectivity index (χ3v) is 2.83. The average Bonchev–Trinajstić information content (AvgIpc) is 2.33. The Balaban J connectivity index is 2.85. The molecule has 0 saturated heterocycles. The van der Waals surface area contributed by atoms with Crippen LogP contribution in [0.4, 0.5) is 0 Å². The van der Waals surface area contributed by atoms with Crippen molar-refractivity contribution in [1.29, 1.82) is 0 Å². The molecule has 0 saturated carbocycles. The minimum absolute atomic E-state index is 0.0726. The normalized spacial score (nSPS) is 10.3. The molecule has 4 N–H and O–H groups in total. The number of hydrogen-bond donors (Lipinski definition) is 4. The summed E-state index contributed by atoms with van der Waals surface area (Å²) in [7, 11) is 3.21. The van der Waals surface area contributed by atoms with E-state index < -0.39 is 0 Å². The van der Waals surface area contributed by atoms with Crippen LogP contribution in [0.2, 0.25) is 0 Å². The lowest BCUT2D eigenvalue weighted by Crippen LogP contribution is -2.82. The molecular formula is C10H13BrN3O2S+. The van der Waals surface area contributed by atoms with Gasteiger partial charge in [-0.2, -0.15) is 0 Å². The molecule has 0 bridgehead atoms. The monoisotopic (exact) mass is 318 g/mol. The predicted molar refractivity (Wildman–Crippen MR) is 73.3 cm³/mol. The number of nitrogens with one attached hydrogen (secondary N) is 3. The number of methoxy groups -OCH3 is 1. The summed E-state index contributed by atoms with van der Waals surface area (Å²) in [6.45, 7) is 0. The Morgan fingerprint density at radius 1 is 1.59 bits per heavy atom. The van der Waals surface area contributed by atoms with Crippen LogP contribution in [-0.4, -0.2) is 30.6 Å². The lowest BCUT2D eigenvalue weighted by Gasteiger charge is -2.05. The predicted octanol–water partition coefficient (Wildman–Crippen LogP) is -0.328. The van der Waals surface area contributed by atoms with Gasteiger partial charge in [-0.05, 0) is 40.3 Å². The second-order valence-electron chi connectivity index (χ2n) is 3.05. The van der Waals surface area contributed by atoms with Gasteiger partial charge in [0, 0.05) is 12.6 Å². The van der Waals surface area contributed by atoms with Crippen LogP contribution in [0.3, 0.4) is 0 Å². The van der Waals surface area contributed by atoms with Crippen LogP contribution in [0.1, 0.15) is 5.56 Å². The van der Waals surface area contributed by atoms with Crippen molar-refractivity contribution in [2.24, 2.45) is 0 Å². The average molecular weight is 319 g/mol. The van der Waals surface area contributed by atoms with Gasteiger partial charge in [0.2, 0.25) is 5.11 Å². The van der Waals surface area contributed by atoms with Gasteiger partial charge in [-0.1, -0.05) is 0 Å². The second kappa shape index (κ2) is 6.41. The number of hydrogen-bond acceptors (Lipinski definition) is 3. The number of phenolic OH excluding ortho intramolecular Hbond substituents is 1. The fourth-order valence-electron chi connectivity index (χ4n) is 1.08. The zero-order valence-electron chi connectivity index (χ0n) is 9.37. The Hall–Kier alpha value is -1.34. The number of aromatic hydroxyl groups is 1. The number of hydrazine groups is 1. The van der Waals surface area contributed by atoms with E-state index in [2.05, 4.69) is 31.8 Å². The summed E-state index contributed by atoms with van der Waals surface area (Å²) in [5.74, 6) is 0.465. The molecule has 1 aromatic rings. The van der Waals surface area contributed by atoms with E-state index in [9.17, 15) is 5.11 Å². The molecule has 0 amide bonds. The molecule has 0 aliphatic heterocycles. The molecule has 92 valence electrons. The largest absolute Gasteiger partial charge is 0.503 e. The number of phenols is 1. The summed E-state index contributed by atoms with van der Waals surface area (Å²) in [5, 5.41) is 15.7. The first-order valence-corrected chi connectivity index (χ1v) is 5.91. The number of ether oxygens (including phenoxy) is 1. The van der Waals surface area contributed by atoms with Crippen LogP contribution in [-0.2, 0) is 0 Å². The van der Waals surface area contributed by atoms with E-state index in [4.69, 9.17) is 17.0 Å². The maximum atomic E-state index is 9.62. The van der Waals surface area contributed by atoms with Crippen LogP contribution in [0.5, 0.6) is 11.5 Å². The van der Waals surface area contributed by atoms with E-state index >= 15 is 0 Å². The van der Waals surface area contributed by atoms with Crippen molar-refractivity contribution in [2.75, 3.05) is 14.2 Å². The minimum Gasteiger partial charge on any atom is -0.503 e. The second-order valence-corrected chi connectivity index (χ2v) is 4.31. The van der Waals surface area contributed by atoms with Crippen molar-refractivity contribution in [1.82, 2.24) is 10.7 Å². The zero-order valence-corrected chi connectivity index (χ0v) is 11.8. The summed E-state index contributed by atoms with van der Waals surface area (Å²) in [6, 6.07) is 3.44. The van der Waals surface area contributed by atoms with Crippen molar-refractivity contribution >= 4 is 39.5 Å². The smallest absolute Gasteiger partial charge is 0.223 e. The fourth-order valence-corrected chi connectivity index (χ4v) is 1.60. The summed E-state index contributed by atoms with van der Waals surface area (Å²) >= 11 is 8.12. The number of benzene rings is 1. The van der Waals surface area contributed by atoms with Gasteiger partial charge in [0.05, 0.1) is 11.6 Å². The molecule has 0 fully saturated rings. The Labute approximate surface area is 113 Å². The van der Waals surface area contributed by atoms with Gasteiger partial charge in [-0.15, -0.1) is 10.5 Å². The molecule has 7 heteroatoms. The summed E-state index contributed by atoms with van der Waals surface area (Å²) in [5.41, 5.74) is 3.57. The highest BCUT2D eigenvalue weighted by molar-refractivity contribution is 9.10. The third kappa shape index (κ3) is 3.86. The van der Waals surface area contributed by atoms with Crippen LogP contribution >= 0.6 is 28.1 Å². The molecule has 17 heavy (non-hydrogen) atoms. The van der Waals surface area contributed by atoms with Gasteiger partial charge >= 0.3 is 0 Å². The SMILES string of the molecule is CNC(=S)N/[NH+]=C/c1cc(Br)c(O)c(OC)c1. The zero-order chi connectivity index (χ0) is 12.8. The van der Waals surface area contributed by atoms with Crippen molar-refractivity contribution < 1.29 is 14.9 Å². The number of hydrazone groups is 1. The third-order valence-electron chi connectivity index (χ3n) is 1.92. The summed E-state index contributed by atoms with van der Waals surface area (Å²) in [4.78, 5) is 0. The maximum absolute atomic E-state index is 9.62. The Morgan fingerprint density at radius 3 is 2.88 bits per heavy atom. The quantitative estimate of drug-likeness (QED) is 0.349. The topological polar surface area (TPSA) is 67.5 Å². The van der Waals surface area contributed by atoms with Gasteiger partial charge in [-0.25, -0.2) is 0 Å². The van der Waals surface area contributed by atoms with Crippen LogP contribution in [0.25, 0.3) is 0 Å². The lowest BCUT2D eigenvalue weighted by molar-refractivity contribution is -0.500. The number of rotatable bonds is 3. The van der Waals surface area contributed by atoms with Crippen molar-refractivity contribution in [2.45, 2.75) is 0 Å². The molecule has 0 atom stereocenters. The van der Waals surface area contributed by atoms with E-state index in [1.165, 1.54) is 7.11 Å². The highest BCUT2D eigenvalue weighted by atomic mass is 79.9. The Morgan fingerprint density at radius 2 is 2.29 bits per heavy atom. The molecule has 0 aliphatic carbocycles. The minimum atomic E-state index is 0.0726. The summed E-state index contributed by atoms with van der Waals surface area (Å²) in [6.07, 6.45) is 1.69. The molecule has 0 spiro atoms. The van der Waals surface area contributed by atoms with Crippen molar-refractivity contribution in [3.05, 3.63) is 22.2 Å². The van der Waals surface area contributed by atoms with E-state index in [1.54, 1.807) is 25.4 Å². The number of thiocarbonyl (C=S) groups is 1. The van der Waals surface area contributed by atoms with Crippen LogP contribution in [0.15, 0.2) is 16.6 Å². The molecule has 5 nitrogen and oxygen atoms in total. The van der Waals surface area contributed by atoms with Gasteiger partial charge < -0.3 is 15.2 Å². The van der Waals surface area contributed by atoms with Gasteiger partial charge in [0.1, 0.15) is 0 Å². The van der Waals surface area contributed by atoms with E-state index in [1.807, 2.05) is 0 Å². The number of halogens is 1. The first-order valence-electron chi connectivity index (χ1n) is 4.71. The van der Waals surface area contributed by atoms with Gasteiger partial charge in [0.15, 0.2) is 17.7 Å². The molecule has 0 aliphatic rings. The molecule has 1 rings (SSSR count).